The Morgan fingerprint density at radius 3 is 2.75 bits per heavy atom. The lowest BCUT2D eigenvalue weighted by Crippen LogP contribution is -2.32. The number of carboxylic acid groups (broad SMARTS) is 1. The van der Waals surface area contributed by atoms with E-state index in [-0.39, 0.29) is 0 Å². The van der Waals surface area contributed by atoms with Crippen LogP contribution in [0.2, 0.25) is 0 Å². The number of benzene rings is 1. The zero-order valence-corrected chi connectivity index (χ0v) is 14.3. The Labute approximate surface area is 141 Å². The fourth-order valence-corrected chi connectivity index (χ4v) is 3.41. The summed E-state index contributed by atoms with van der Waals surface area (Å²) in [6.45, 7) is 6.29. The molecule has 1 aromatic carbocycles. The molecule has 130 valence electrons. The molecule has 1 aliphatic heterocycles. The van der Waals surface area contributed by atoms with Gasteiger partial charge in [-0.3, -0.25) is 9.69 Å². The fraction of sp³-hybridized carbons (Fsp3) is 0.500. The van der Waals surface area contributed by atoms with Gasteiger partial charge in [0.25, 0.3) is 0 Å². The molecule has 0 bridgehead atoms. The molecule has 1 unspecified atom stereocenters. The molecule has 0 amide bonds. The van der Waals surface area contributed by atoms with E-state index in [1.54, 1.807) is 0 Å². The third kappa shape index (κ3) is 3.31. The molecule has 3 N–H and O–H groups in total. The van der Waals surface area contributed by atoms with Gasteiger partial charge in [-0.25, -0.2) is 0 Å². The number of nitrogens with two attached hydrogens (primary N) is 1. The highest BCUT2D eigenvalue weighted by Gasteiger charge is 2.22. The third-order valence-corrected chi connectivity index (χ3v) is 4.69. The molecule has 3 rings (SSSR count). The lowest BCUT2D eigenvalue weighted by molar-refractivity contribution is -0.138. The maximum absolute atomic E-state index is 11.1. The molecule has 2 aromatic rings. The first-order valence-corrected chi connectivity index (χ1v) is 8.37. The molecule has 0 spiro atoms. The largest absolute Gasteiger partial charge is 0.480 e. The number of hydrogen-bond acceptors (Lipinski definition) is 4. The van der Waals surface area contributed by atoms with Crippen LogP contribution in [0.4, 0.5) is 0 Å². The standard InChI is InChI=1S/C18H25N3O3/c1-3-24-5-4-21-10-12-6-15-14(7-16(19)18(22)23)9-20(2)17(15)8-13(12)11-21/h6,8-9,16H,3-5,7,10-11,19H2,1-2H3,(H,22,23). The number of fused-ring (bicyclic) bond motifs is 2. The summed E-state index contributed by atoms with van der Waals surface area (Å²) < 4.78 is 7.50. The van der Waals surface area contributed by atoms with E-state index in [0.717, 1.165) is 49.3 Å². The molecular formula is C18H25N3O3. The molecule has 1 aromatic heterocycles. The highest BCUT2D eigenvalue weighted by Crippen LogP contribution is 2.30. The molecular weight excluding hydrogens is 306 g/mol. The average molecular weight is 331 g/mol. The summed E-state index contributed by atoms with van der Waals surface area (Å²) in [4.78, 5) is 13.4. The average Bonchev–Trinajstić information content (AvgIpc) is 3.06. The van der Waals surface area contributed by atoms with Gasteiger partial charge in [-0.05, 0) is 35.7 Å². The van der Waals surface area contributed by atoms with E-state index in [1.807, 2.05) is 20.2 Å². The summed E-state index contributed by atoms with van der Waals surface area (Å²) in [5.41, 5.74) is 10.5. The van der Waals surface area contributed by atoms with Gasteiger partial charge in [-0.15, -0.1) is 0 Å². The van der Waals surface area contributed by atoms with Gasteiger partial charge < -0.3 is 20.1 Å². The minimum atomic E-state index is -0.963. The molecule has 6 heteroatoms. The summed E-state index contributed by atoms with van der Waals surface area (Å²) in [5, 5.41) is 10.2. The number of rotatable bonds is 7. The van der Waals surface area contributed by atoms with E-state index < -0.39 is 12.0 Å². The van der Waals surface area contributed by atoms with Gasteiger partial charge in [-0.2, -0.15) is 0 Å². The first-order chi connectivity index (χ1) is 11.5. The normalized spacial score (nSPS) is 15.8. The van der Waals surface area contributed by atoms with Gasteiger partial charge in [-0.1, -0.05) is 0 Å². The Morgan fingerprint density at radius 1 is 1.38 bits per heavy atom. The zero-order chi connectivity index (χ0) is 17.3. The van der Waals surface area contributed by atoms with Gasteiger partial charge >= 0.3 is 5.97 Å². The lowest BCUT2D eigenvalue weighted by atomic mass is 10.0. The second-order valence-electron chi connectivity index (χ2n) is 6.46. The Bertz CT molecular complexity index is 754. The van der Waals surface area contributed by atoms with E-state index in [9.17, 15) is 4.79 Å². The number of aliphatic carboxylic acids is 1. The van der Waals surface area contributed by atoms with Gasteiger partial charge in [0.15, 0.2) is 0 Å². The van der Waals surface area contributed by atoms with Crippen LogP contribution in [-0.4, -0.2) is 46.3 Å². The van der Waals surface area contributed by atoms with E-state index >= 15 is 0 Å². The van der Waals surface area contributed by atoms with Crippen molar-refractivity contribution < 1.29 is 14.6 Å². The van der Waals surface area contributed by atoms with Crippen LogP contribution in [0.5, 0.6) is 0 Å². The molecule has 6 nitrogen and oxygen atoms in total. The van der Waals surface area contributed by atoms with Crippen LogP contribution in [0.25, 0.3) is 10.9 Å². The number of carboxylic acids is 1. The van der Waals surface area contributed by atoms with E-state index in [4.69, 9.17) is 15.6 Å². The molecule has 24 heavy (non-hydrogen) atoms. The van der Waals surface area contributed by atoms with Crippen LogP contribution in [0, 0.1) is 0 Å². The van der Waals surface area contributed by atoms with Crippen molar-refractivity contribution in [3.05, 3.63) is 35.0 Å². The number of hydrogen-bond donors (Lipinski definition) is 2. The van der Waals surface area contributed by atoms with Crippen molar-refractivity contribution >= 4 is 16.9 Å². The Hall–Kier alpha value is -1.89. The number of nitrogens with zero attached hydrogens (tertiary/aromatic N) is 2. The summed E-state index contributed by atoms with van der Waals surface area (Å²) >= 11 is 0. The summed E-state index contributed by atoms with van der Waals surface area (Å²) in [6.07, 6.45) is 2.34. The summed E-state index contributed by atoms with van der Waals surface area (Å²) in [7, 11) is 1.99. The van der Waals surface area contributed by atoms with Crippen molar-refractivity contribution in [2.24, 2.45) is 12.8 Å². The first-order valence-electron chi connectivity index (χ1n) is 8.37. The van der Waals surface area contributed by atoms with Crippen LogP contribution in [0.1, 0.15) is 23.6 Å². The van der Waals surface area contributed by atoms with Crippen LogP contribution in [0.15, 0.2) is 18.3 Å². The third-order valence-electron chi connectivity index (χ3n) is 4.69. The lowest BCUT2D eigenvalue weighted by Gasteiger charge is -2.13. The van der Waals surface area contributed by atoms with Gasteiger partial charge in [0, 0.05) is 56.8 Å². The SMILES string of the molecule is CCOCCN1Cc2cc3c(CC(N)C(=O)O)cn(C)c3cc2C1. The molecule has 0 fully saturated rings. The van der Waals surface area contributed by atoms with Crippen molar-refractivity contribution in [2.45, 2.75) is 32.5 Å². The van der Waals surface area contributed by atoms with Crippen LogP contribution in [-0.2, 0) is 36.1 Å². The molecule has 1 atom stereocenters. The number of carbonyl (C=O) groups is 1. The van der Waals surface area contributed by atoms with Gasteiger partial charge in [0.05, 0.1) is 6.61 Å². The fourth-order valence-electron chi connectivity index (χ4n) is 3.41. The quantitative estimate of drug-likeness (QED) is 0.751. The van der Waals surface area contributed by atoms with E-state index in [2.05, 4.69) is 21.6 Å². The van der Waals surface area contributed by atoms with Crippen LogP contribution < -0.4 is 5.73 Å². The van der Waals surface area contributed by atoms with Crippen LogP contribution >= 0.6 is 0 Å². The molecule has 0 aliphatic carbocycles. The maximum Gasteiger partial charge on any atom is 0.320 e. The van der Waals surface area contributed by atoms with Crippen molar-refractivity contribution in [1.82, 2.24) is 9.47 Å². The summed E-state index contributed by atoms with van der Waals surface area (Å²) in [5.74, 6) is -0.963. The predicted molar refractivity (Wildman–Crippen MR) is 92.8 cm³/mol. The highest BCUT2D eigenvalue weighted by atomic mass is 16.5. The summed E-state index contributed by atoms with van der Waals surface area (Å²) in [6, 6.07) is 3.56. The number of aryl methyl sites for hydroxylation is 1. The Kier molecular flexibility index (Phi) is 4.89. The monoisotopic (exact) mass is 331 g/mol. The highest BCUT2D eigenvalue weighted by molar-refractivity contribution is 5.86. The first kappa shape index (κ1) is 17.0. The Morgan fingerprint density at radius 2 is 2.08 bits per heavy atom. The topological polar surface area (TPSA) is 80.7 Å². The smallest absolute Gasteiger partial charge is 0.320 e. The molecule has 2 heterocycles. The minimum absolute atomic E-state index is 0.347. The molecule has 0 saturated heterocycles. The van der Waals surface area contributed by atoms with Crippen molar-refractivity contribution in [3.63, 3.8) is 0 Å². The molecule has 1 aliphatic rings. The predicted octanol–water partition coefficient (Wildman–Crippen LogP) is 1.48. The van der Waals surface area contributed by atoms with Crippen molar-refractivity contribution in [2.75, 3.05) is 19.8 Å². The number of ether oxygens (including phenoxy) is 1. The zero-order valence-electron chi connectivity index (χ0n) is 14.3. The van der Waals surface area contributed by atoms with Crippen LogP contribution in [0.3, 0.4) is 0 Å². The second kappa shape index (κ2) is 6.93. The van der Waals surface area contributed by atoms with E-state index in [1.165, 1.54) is 11.1 Å². The Balaban J connectivity index is 1.84. The van der Waals surface area contributed by atoms with Gasteiger partial charge in [0.1, 0.15) is 6.04 Å². The minimum Gasteiger partial charge on any atom is -0.480 e. The van der Waals surface area contributed by atoms with Crippen molar-refractivity contribution in [3.8, 4) is 0 Å². The van der Waals surface area contributed by atoms with Crippen molar-refractivity contribution in [1.29, 1.82) is 0 Å². The maximum atomic E-state index is 11.1. The number of aromatic nitrogens is 1. The molecule has 0 radical (unpaired) electrons. The van der Waals surface area contributed by atoms with E-state index in [0.29, 0.717) is 6.42 Å². The molecule has 0 saturated carbocycles. The second-order valence-corrected chi connectivity index (χ2v) is 6.46. The van der Waals surface area contributed by atoms with Gasteiger partial charge in [0.2, 0.25) is 0 Å².